The lowest BCUT2D eigenvalue weighted by atomic mass is 9.96. The Labute approximate surface area is 112 Å². The van der Waals surface area contributed by atoms with Crippen LogP contribution in [0.15, 0.2) is 18.2 Å². The van der Waals surface area contributed by atoms with Crippen molar-refractivity contribution in [1.82, 2.24) is 0 Å². The fourth-order valence-electron chi connectivity index (χ4n) is 2.16. The topological polar surface area (TPSA) is 29.5 Å². The van der Waals surface area contributed by atoms with Crippen LogP contribution < -0.4 is 4.74 Å². The predicted octanol–water partition coefficient (Wildman–Crippen LogP) is 3.63. The zero-order valence-electron chi connectivity index (χ0n) is 10.8. The number of halogens is 5. The lowest BCUT2D eigenvalue weighted by molar-refractivity contribution is -0.315. The lowest BCUT2D eigenvalue weighted by Crippen LogP contribution is -2.42. The molecule has 0 spiro atoms. The normalized spacial score (nSPS) is 19.4. The second-order valence-corrected chi connectivity index (χ2v) is 5.43. The van der Waals surface area contributed by atoms with Crippen LogP contribution in [0, 0.1) is 0 Å². The van der Waals surface area contributed by atoms with Gasteiger partial charge in [0.2, 0.25) is 0 Å². The Morgan fingerprint density at radius 3 is 2.35 bits per heavy atom. The van der Waals surface area contributed by atoms with E-state index >= 15 is 0 Å². The minimum atomic E-state index is -5.80. The molecule has 0 saturated heterocycles. The van der Waals surface area contributed by atoms with Crippen molar-refractivity contribution >= 4 is 0 Å². The monoisotopic (exact) mass is 296 g/mol. The molecule has 1 aromatic carbocycles. The summed E-state index contributed by atoms with van der Waals surface area (Å²) in [6.45, 7) is 3.54. The van der Waals surface area contributed by atoms with Gasteiger partial charge in [-0.1, -0.05) is 6.07 Å². The van der Waals surface area contributed by atoms with Gasteiger partial charge in [0, 0.05) is 6.42 Å². The highest BCUT2D eigenvalue weighted by molar-refractivity contribution is 5.42. The third-order valence-corrected chi connectivity index (χ3v) is 3.12. The first-order valence-electron chi connectivity index (χ1n) is 5.88. The van der Waals surface area contributed by atoms with Crippen LogP contribution in [0.2, 0.25) is 0 Å². The summed E-state index contributed by atoms with van der Waals surface area (Å²) in [5, 5.41) is 9.33. The van der Waals surface area contributed by atoms with Crippen LogP contribution in [0.1, 0.15) is 31.1 Å². The second kappa shape index (κ2) is 4.31. The summed E-state index contributed by atoms with van der Waals surface area (Å²) in [5.74, 6) is -4.77. The van der Waals surface area contributed by atoms with Crippen molar-refractivity contribution in [2.75, 3.05) is 0 Å². The van der Waals surface area contributed by atoms with Crippen molar-refractivity contribution in [3.63, 3.8) is 0 Å². The summed E-state index contributed by atoms with van der Waals surface area (Å²) in [6.07, 6.45) is -8.36. The molecule has 0 saturated carbocycles. The van der Waals surface area contributed by atoms with E-state index in [0.717, 1.165) is 12.1 Å². The molecule has 1 aliphatic heterocycles. The van der Waals surface area contributed by atoms with Crippen LogP contribution in [0.5, 0.6) is 5.75 Å². The average molecular weight is 296 g/mol. The SMILES string of the molecule is CC1(C)Cc2cc(C(O)C(F)(F)C(F)(F)F)ccc2O1. The lowest BCUT2D eigenvalue weighted by Gasteiger charge is -2.25. The van der Waals surface area contributed by atoms with Crippen LogP contribution in [-0.4, -0.2) is 22.8 Å². The van der Waals surface area contributed by atoms with Crippen LogP contribution in [0.25, 0.3) is 0 Å². The maximum atomic E-state index is 13.1. The highest BCUT2D eigenvalue weighted by atomic mass is 19.4. The van der Waals surface area contributed by atoms with Gasteiger partial charge in [0.1, 0.15) is 11.4 Å². The first-order valence-corrected chi connectivity index (χ1v) is 5.88. The molecule has 1 N–H and O–H groups in total. The van der Waals surface area contributed by atoms with Gasteiger partial charge in [-0.2, -0.15) is 22.0 Å². The van der Waals surface area contributed by atoms with Gasteiger partial charge in [-0.25, -0.2) is 0 Å². The molecule has 0 bridgehead atoms. The van der Waals surface area contributed by atoms with Crippen LogP contribution in [0.3, 0.4) is 0 Å². The van der Waals surface area contributed by atoms with Gasteiger partial charge in [-0.15, -0.1) is 0 Å². The van der Waals surface area contributed by atoms with Crippen molar-refractivity contribution in [2.45, 2.75) is 44.1 Å². The highest BCUT2D eigenvalue weighted by Crippen LogP contribution is 2.45. The third kappa shape index (κ3) is 2.46. The first kappa shape index (κ1) is 15.0. The molecule has 112 valence electrons. The molecule has 20 heavy (non-hydrogen) atoms. The third-order valence-electron chi connectivity index (χ3n) is 3.12. The number of rotatable bonds is 2. The molecule has 1 heterocycles. The molecule has 1 aromatic rings. The van der Waals surface area contributed by atoms with Crippen LogP contribution in [0.4, 0.5) is 22.0 Å². The van der Waals surface area contributed by atoms with E-state index in [1.54, 1.807) is 13.8 Å². The zero-order chi connectivity index (χ0) is 15.3. The maximum absolute atomic E-state index is 13.1. The van der Waals surface area contributed by atoms with E-state index in [0.29, 0.717) is 17.7 Å². The largest absolute Gasteiger partial charge is 0.487 e. The van der Waals surface area contributed by atoms with Gasteiger partial charge >= 0.3 is 12.1 Å². The van der Waals surface area contributed by atoms with Crippen molar-refractivity contribution in [2.24, 2.45) is 0 Å². The molecule has 0 amide bonds. The maximum Gasteiger partial charge on any atom is 0.456 e. The number of alkyl halides is 5. The quantitative estimate of drug-likeness (QED) is 0.844. The predicted molar refractivity (Wildman–Crippen MR) is 60.8 cm³/mol. The average Bonchev–Trinajstić information content (AvgIpc) is 2.58. The van der Waals surface area contributed by atoms with E-state index in [1.807, 2.05) is 0 Å². The van der Waals surface area contributed by atoms with E-state index in [1.165, 1.54) is 6.07 Å². The summed E-state index contributed by atoms with van der Waals surface area (Å²) < 4.78 is 68.4. The van der Waals surface area contributed by atoms with E-state index < -0.39 is 29.4 Å². The summed E-state index contributed by atoms with van der Waals surface area (Å²) in [7, 11) is 0. The van der Waals surface area contributed by atoms with E-state index in [2.05, 4.69) is 0 Å². The Morgan fingerprint density at radius 2 is 1.80 bits per heavy atom. The van der Waals surface area contributed by atoms with Crippen LogP contribution >= 0.6 is 0 Å². The van der Waals surface area contributed by atoms with Gasteiger partial charge in [0.15, 0.2) is 6.10 Å². The summed E-state index contributed by atoms with van der Waals surface area (Å²) in [6, 6.07) is 3.45. The molecule has 0 fully saturated rings. The van der Waals surface area contributed by atoms with Gasteiger partial charge < -0.3 is 9.84 Å². The Kier molecular flexibility index (Phi) is 3.24. The van der Waals surface area contributed by atoms with Crippen molar-refractivity contribution < 1.29 is 31.8 Å². The van der Waals surface area contributed by atoms with Gasteiger partial charge in [-0.05, 0) is 37.1 Å². The fourth-order valence-corrected chi connectivity index (χ4v) is 2.16. The molecule has 1 aliphatic rings. The second-order valence-electron chi connectivity index (χ2n) is 5.43. The molecular weight excluding hydrogens is 283 g/mol. The Bertz CT molecular complexity index is 522. The smallest absolute Gasteiger partial charge is 0.456 e. The standard InChI is InChI=1S/C13H13F5O2/c1-11(2)6-8-5-7(3-4-9(8)20-11)10(19)12(14,15)13(16,17)18/h3-5,10,19H,6H2,1-2H3. The molecule has 0 aromatic heterocycles. The van der Waals surface area contributed by atoms with E-state index in [4.69, 9.17) is 4.74 Å². The first-order chi connectivity index (χ1) is 8.94. The highest BCUT2D eigenvalue weighted by Gasteiger charge is 2.62. The summed E-state index contributed by atoms with van der Waals surface area (Å²) in [5.41, 5.74) is -0.518. The molecule has 0 radical (unpaired) electrons. The van der Waals surface area contributed by atoms with Gasteiger partial charge in [-0.3, -0.25) is 0 Å². The number of benzene rings is 1. The number of fused-ring (bicyclic) bond motifs is 1. The molecule has 1 unspecified atom stereocenters. The summed E-state index contributed by atoms with van der Waals surface area (Å²) >= 11 is 0. The Balaban J connectivity index is 2.33. The number of hydrogen-bond acceptors (Lipinski definition) is 2. The van der Waals surface area contributed by atoms with Gasteiger partial charge in [0.25, 0.3) is 0 Å². The molecule has 2 nitrogen and oxygen atoms in total. The molecule has 1 atom stereocenters. The van der Waals surface area contributed by atoms with Crippen LogP contribution in [-0.2, 0) is 6.42 Å². The minimum Gasteiger partial charge on any atom is -0.487 e. The minimum absolute atomic E-state index is 0.375. The molecule has 0 aliphatic carbocycles. The number of aliphatic hydroxyl groups excluding tert-OH is 1. The van der Waals surface area contributed by atoms with Crippen molar-refractivity contribution in [3.05, 3.63) is 29.3 Å². The molecule has 7 heteroatoms. The molecule has 2 rings (SSSR count). The van der Waals surface area contributed by atoms with Crippen molar-refractivity contribution in [3.8, 4) is 5.75 Å². The Morgan fingerprint density at radius 1 is 1.20 bits per heavy atom. The number of ether oxygens (including phenoxy) is 1. The van der Waals surface area contributed by atoms with Crippen molar-refractivity contribution in [1.29, 1.82) is 0 Å². The number of hydrogen-bond donors (Lipinski definition) is 1. The van der Waals surface area contributed by atoms with E-state index in [9.17, 15) is 27.1 Å². The van der Waals surface area contributed by atoms with Gasteiger partial charge in [0.05, 0.1) is 0 Å². The summed E-state index contributed by atoms with van der Waals surface area (Å²) in [4.78, 5) is 0. The van der Waals surface area contributed by atoms with E-state index in [-0.39, 0.29) is 0 Å². The molecular formula is C13H13F5O2. The fraction of sp³-hybridized carbons (Fsp3) is 0.538. The zero-order valence-corrected chi connectivity index (χ0v) is 10.8. The number of aliphatic hydroxyl groups is 1. The Hall–Kier alpha value is -1.37.